The number of hydrogen-bond donors (Lipinski definition) is 1. The standard InChI is InChI=1S/C15H20O/c1-2-6-15(16)14-11-13(14)10-9-12-7-4-3-5-8-12/h2-5,7-8,13-16H,1,6,9-11H2/t13-,14-,15?/m0/s1. The van der Waals surface area contributed by atoms with Crippen LogP contribution in [0.3, 0.4) is 0 Å². The second-order valence-corrected chi connectivity index (χ2v) is 4.78. The molecule has 0 spiro atoms. The molecule has 1 aliphatic carbocycles. The average Bonchev–Trinajstić information content (AvgIpc) is 3.08. The Morgan fingerprint density at radius 2 is 2.12 bits per heavy atom. The molecule has 0 aromatic heterocycles. The molecule has 1 nitrogen and oxygen atoms in total. The first-order chi connectivity index (χ1) is 7.81. The van der Waals surface area contributed by atoms with Crippen LogP contribution in [0.2, 0.25) is 0 Å². The minimum atomic E-state index is -0.154. The van der Waals surface area contributed by atoms with Gasteiger partial charge >= 0.3 is 0 Å². The van der Waals surface area contributed by atoms with E-state index in [4.69, 9.17) is 0 Å². The number of aliphatic hydroxyl groups excluding tert-OH is 1. The maximum absolute atomic E-state index is 9.79. The van der Waals surface area contributed by atoms with E-state index in [1.807, 2.05) is 6.08 Å². The van der Waals surface area contributed by atoms with Crippen molar-refractivity contribution in [3.05, 3.63) is 48.6 Å². The molecule has 0 bridgehead atoms. The quantitative estimate of drug-likeness (QED) is 0.724. The molecule has 0 amide bonds. The van der Waals surface area contributed by atoms with Crippen LogP contribution >= 0.6 is 0 Å². The predicted octanol–water partition coefficient (Wildman–Crippen LogP) is 3.19. The van der Waals surface area contributed by atoms with Crippen LogP contribution in [-0.2, 0) is 6.42 Å². The van der Waals surface area contributed by atoms with Crippen LogP contribution in [-0.4, -0.2) is 11.2 Å². The van der Waals surface area contributed by atoms with Crippen LogP contribution in [0.25, 0.3) is 0 Å². The Morgan fingerprint density at radius 3 is 2.81 bits per heavy atom. The van der Waals surface area contributed by atoms with Gasteiger partial charge in [0.1, 0.15) is 0 Å². The fourth-order valence-electron chi connectivity index (χ4n) is 2.42. The molecule has 1 heteroatoms. The summed E-state index contributed by atoms with van der Waals surface area (Å²) < 4.78 is 0. The summed E-state index contributed by atoms with van der Waals surface area (Å²) in [6, 6.07) is 10.6. The fraction of sp³-hybridized carbons (Fsp3) is 0.467. The molecular formula is C15H20O. The third-order valence-electron chi connectivity index (χ3n) is 3.53. The lowest BCUT2D eigenvalue weighted by Crippen LogP contribution is -2.09. The third kappa shape index (κ3) is 2.96. The minimum absolute atomic E-state index is 0.154. The van der Waals surface area contributed by atoms with Crippen LogP contribution in [0.4, 0.5) is 0 Å². The Morgan fingerprint density at radius 1 is 1.38 bits per heavy atom. The highest BCUT2D eigenvalue weighted by molar-refractivity contribution is 5.15. The Labute approximate surface area is 97.8 Å². The van der Waals surface area contributed by atoms with E-state index in [0.29, 0.717) is 5.92 Å². The summed E-state index contributed by atoms with van der Waals surface area (Å²) in [6.07, 6.45) is 5.95. The van der Waals surface area contributed by atoms with Gasteiger partial charge in [0, 0.05) is 0 Å². The smallest absolute Gasteiger partial charge is 0.0605 e. The molecule has 1 N–H and O–H groups in total. The number of benzene rings is 1. The summed E-state index contributed by atoms with van der Waals surface area (Å²) in [6.45, 7) is 3.67. The van der Waals surface area contributed by atoms with E-state index in [1.54, 1.807) is 0 Å². The zero-order valence-electron chi connectivity index (χ0n) is 9.68. The second kappa shape index (κ2) is 5.31. The van der Waals surface area contributed by atoms with Gasteiger partial charge in [-0.3, -0.25) is 0 Å². The molecule has 1 aliphatic rings. The molecule has 0 heterocycles. The van der Waals surface area contributed by atoms with E-state index in [1.165, 1.54) is 18.4 Å². The number of aryl methyl sites for hydroxylation is 1. The average molecular weight is 216 g/mol. The minimum Gasteiger partial charge on any atom is -0.393 e. The van der Waals surface area contributed by atoms with Gasteiger partial charge < -0.3 is 5.11 Å². The third-order valence-corrected chi connectivity index (χ3v) is 3.53. The molecule has 3 atom stereocenters. The van der Waals surface area contributed by atoms with Gasteiger partial charge in [0.15, 0.2) is 0 Å². The summed E-state index contributed by atoms with van der Waals surface area (Å²) in [7, 11) is 0. The Bertz CT molecular complexity index is 331. The molecule has 1 saturated carbocycles. The van der Waals surface area contributed by atoms with E-state index >= 15 is 0 Å². The zero-order chi connectivity index (χ0) is 11.4. The highest BCUT2D eigenvalue weighted by Crippen LogP contribution is 2.45. The molecule has 1 aromatic carbocycles. The zero-order valence-corrected chi connectivity index (χ0v) is 9.68. The summed E-state index contributed by atoms with van der Waals surface area (Å²) in [5.74, 6) is 1.26. The fourth-order valence-corrected chi connectivity index (χ4v) is 2.42. The summed E-state index contributed by atoms with van der Waals surface area (Å²) in [5, 5.41) is 9.79. The lowest BCUT2D eigenvalue weighted by molar-refractivity contribution is 0.147. The monoisotopic (exact) mass is 216 g/mol. The summed E-state index contributed by atoms with van der Waals surface area (Å²) in [4.78, 5) is 0. The summed E-state index contributed by atoms with van der Waals surface area (Å²) >= 11 is 0. The molecule has 0 saturated heterocycles. The SMILES string of the molecule is C=CCC(O)[C@H]1C[C@@H]1CCc1ccccc1. The number of hydrogen-bond acceptors (Lipinski definition) is 1. The van der Waals surface area contributed by atoms with Crippen LogP contribution < -0.4 is 0 Å². The van der Waals surface area contributed by atoms with Gasteiger partial charge in [-0.05, 0) is 43.1 Å². The van der Waals surface area contributed by atoms with Crippen molar-refractivity contribution in [2.45, 2.75) is 31.8 Å². The van der Waals surface area contributed by atoms with Gasteiger partial charge in [0.05, 0.1) is 6.10 Å². The number of aliphatic hydroxyl groups is 1. The van der Waals surface area contributed by atoms with Crippen molar-refractivity contribution in [2.24, 2.45) is 11.8 Å². The molecule has 0 radical (unpaired) electrons. The van der Waals surface area contributed by atoms with Crippen molar-refractivity contribution in [3.8, 4) is 0 Å². The topological polar surface area (TPSA) is 20.2 Å². The van der Waals surface area contributed by atoms with Crippen LogP contribution in [0.15, 0.2) is 43.0 Å². The molecule has 2 rings (SSSR count). The summed E-state index contributed by atoms with van der Waals surface area (Å²) in [5.41, 5.74) is 1.41. The van der Waals surface area contributed by atoms with E-state index < -0.39 is 0 Å². The Hall–Kier alpha value is -1.08. The van der Waals surface area contributed by atoms with Gasteiger partial charge in [0.2, 0.25) is 0 Å². The molecule has 16 heavy (non-hydrogen) atoms. The second-order valence-electron chi connectivity index (χ2n) is 4.78. The maximum Gasteiger partial charge on any atom is 0.0605 e. The molecule has 1 aromatic rings. The Kier molecular flexibility index (Phi) is 3.79. The van der Waals surface area contributed by atoms with E-state index in [9.17, 15) is 5.11 Å². The van der Waals surface area contributed by atoms with Crippen molar-refractivity contribution in [1.29, 1.82) is 0 Å². The first-order valence-electron chi connectivity index (χ1n) is 6.14. The van der Waals surface area contributed by atoms with Crippen molar-refractivity contribution >= 4 is 0 Å². The van der Waals surface area contributed by atoms with E-state index in [-0.39, 0.29) is 6.10 Å². The Balaban J connectivity index is 1.72. The number of rotatable bonds is 6. The molecule has 0 aliphatic heterocycles. The van der Waals surface area contributed by atoms with Crippen molar-refractivity contribution in [3.63, 3.8) is 0 Å². The lowest BCUT2D eigenvalue weighted by Gasteiger charge is -2.06. The van der Waals surface area contributed by atoms with Gasteiger partial charge in [-0.15, -0.1) is 6.58 Å². The molecule has 86 valence electrons. The van der Waals surface area contributed by atoms with Crippen LogP contribution in [0.5, 0.6) is 0 Å². The molecular weight excluding hydrogens is 196 g/mol. The van der Waals surface area contributed by atoms with Gasteiger partial charge in [-0.2, -0.15) is 0 Å². The van der Waals surface area contributed by atoms with Gasteiger partial charge in [-0.1, -0.05) is 36.4 Å². The highest BCUT2D eigenvalue weighted by atomic mass is 16.3. The first-order valence-corrected chi connectivity index (χ1v) is 6.14. The van der Waals surface area contributed by atoms with Crippen LogP contribution in [0, 0.1) is 11.8 Å². The van der Waals surface area contributed by atoms with E-state index in [0.717, 1.165) is 18.8 Å². The predicted molar refractivity (Wildman–Crippen MR) is 67.2 cm³/mol. The van der Waals surface area contributed by atoms with Gasteiger partial charge in [-0.25, -0.2) is 0 Å². The largest absolute Gasteiger partial charge is 0.393 e. The van der Waals surface area contributed by atoms with Gasteiger partial charge in [0.25, 0.3) is 0 Å². The van der Waals surface area contributed by atoms with Crippen molar-refractivity contribution in [1.82, 2.24) is 0 Å². The van der Waals surface area contributed by atoms with E-state index in [2.05, 4.69) is 36.9 Å². The normalized spacial score (nSPS) is 25.1. The molecule has 1 fully saturated rings. The lowest BCUT2D eigenvalue weighted by atomic mass is 10.0. The maximum atomic E-state index is 9.79. The first kappa shape index (κ1) is 11.4. The van der Waals surface area contributed by atoms with Crippen molar-refractivity contribution in [2.75, 3.05) is 0 Å². The highest BCUT2D eigenvalue weighted by Gasteiger charge is 2.40. The molecule has 1 unspecified atom stereocenters. The van der Waals surface area contributed by atoms with Crippen molar-refractivity contribution < 1.29 is 5.11 Å². The van der Waals surface area contributed by atoms with Crippen LogP contribution in [0.1, 0.15) is 24.8 Å².